The summed E-state index contributed by atoms with van der Waals surface area (Å²) in [6.07, 6.45) is 0.192. The molecule has 25 heavy (non-hydrogen) atoms. The molecule has 3 atom stereocenters. The predicted molar refractivity (Wildman–Crippen MR) is 84.9 cm³/mol. The Labute approximate surface area is 191 Å². The zero-order valence-electron chi connectivity index (χ0n) is 13.8. The van der Waals surface area contributed by atoms with Gasteiger partial charge in [0, 0.05) is 11.2 Å². The Bertz CT molecular complexity index is 863. The molecule has 128 valence electrons. The first-order valence-corrected chi connectivity index (χ1v) is 9.84. The van der Waals surface area contributed by atoms with Crippen LogP contribution in [-0.2, 0) is 19.4 Å². The van der Waals surface area contributed by atoms with Crippen molar-refractivity contribution in [1.82, 2.24) is 4.90 Å². The minimum Gasteiger partial charge on any atom is -0.543 e. The topological polar surface area (TPSA) is 115 Å². The van der Waals surface area contributed by atoms with Crippen molar-refractivity contribution >= 4 is 38.4 Å². The Morgan fingerprint density at radius 1 is 1.32 bits per heavy atom. The van der Waals surface area contributed by atoms with Crippen molar-refractivity contribution in [1.29, 1.82) is 0 Å². The van der Waals surface area contributed by atoms with E-state index < -0.39 is 39.1 Å². The Balaban J connectivity index is 0.00000225. The van der Waals surface area contributed by atoms with Gasteiger partial charge in [0.1, 0.15) is 5.37 Å². The molecule has 2 aliphatic rings. The second-order valence-electron chi connectivity index (χ2n) is 5.74. The quantitative estimate of drug-likeness (QED) is 0.405. The van der Waals surface area contributed by atoms with Gasteiger partial charge in [0.05, 0.1) is 28.6 Å². The van der Waals surface area contributed by atoms with Crippen molar-refractivity contribution in [2.75, 3.05) is 6.26 Å². The summed E-state index contributed by atoms with van der Waals surface area (Å²) < 4.78 is 23.0. The average molecular weight is 408 g/mol. The van der Waals surface area contributed by atoms with Crippen molar-refractivity contribution in [2.24, 2.45) is 5.92 Å². The Hall–Kier alpha value is -0.204. The fourth-order valence-electron chi connectivity index (χ4n) is 2.83. The molecule has 1 saturated heterocycles. The average Bonchev–Trinajstić information content (AvgIpc) is 2.81. The summed E-state index contributed by atoms with van der Waals surface area (Å²) in [5.41, 5.74) is 0.247. The number of aliphatic hydroxyl groups excluding tert-OH is 1. The van der Waals surface area contributed by atoms with E-state index >= 15 is 0 Å². The molecule has 0 radical (unpaired) electrons. The number of β-lactam (4-membered cyclic amide) rings is 1. The van der Waals surface area contributed by atoms with E-state index in [-0.39, 0.29) is 62.0 Å². The van der Waals surface area contributed by atoms with Crippen LogP contribution < -0.4 is 56.5 Å². The largest absolute Gasteiger partial charge is 1.00 e. The number of carboxylic acids is 1. The number of hydrogen-bond acceptors (Lipinski definition) is 7. The molecule has 0 aliphatic carbocycles. The van der Waals surface area contributed by atoms with Crippen LogP contribution in [0.15, 0.2) is 34.9 Å². The minimum atomic E-state index is -3.36. The molecule has 1 N–H and O–H groups in total. The zero-order chi connectivity index (χ0) is 17.8. The number of hydrogen-bond donors (Lipinski definition) is 1. The van der Waals surface area contributed by atoms with Gasteiger partial charge in [0.15, 0.2) is 9.84 Å². The van der Waals surface area contributed by atoms with Gasteiger partial charge in [-0.1, -0.05) is 23.9 Å². The van der Waals surface area contributed by atoms with Gasteiger partial charge in [0.2, 0.25) is 5.91 Å². The van der Waals surface area contributed by atoms with Gasteiger partial charge in [-0.2, -0.15) is 0 Å². The van der Waals surface area contributed by atoms with E-state index in [0.717, 1.165) is 22.9 Å². The van der Waals surface area contributed by atoms with Crippen molar-refractivity contribution in [3.05, 3.63) is 35.5 Å². The number of nitrogens with zero attached hydrogens (tertiary/aromatic N) is 1. The number of sulfone groups is 1. The van der Waals surface area contributed by atoms with Crippen molar-refractivity contribution in [2.45, 2.75) is 23.3 Å². The number of carbonyl (C=O) groups is 2. The van der Waals surface area contributed by atoms with Crippen LogP contribution in [-0.4, -0.2) is 48.0 Å². The van der Waals surface area contributed by atoms with Gasteiger partial charge in [-0.15, -0.1) is 0 Å². The number of fused-ring (bicyclic) bond motifs is 1. The van der Waals surface area contributed by atoms with Crippen LogP contribution in [0, 0.1) is 5.92 Å². The van der Waals surface area contributed by atoms with Gasteiger partial charge in [-0.05, 0) is 24.6 Å². The second-order valence-corrected chi connectivity index (χ2v) is 8.89. The normalized spacial score (nSPS) is 23.6. The standard InChI is InChI=1S/C15H15NO6S2.K/c1-7(17)10-13(18)16-11(15(19)20)12(23-14(10)16)8-3-5-9(6-4-8)24(2,21)22;/h3-7,10,14,17H,1-2H3,(H,19,20);/q;+1/p-1/t7-,10+,14-;/m1./s1. The van der Waals surface area contributed by atoms with E-state index in [1.165, 1.54) is 31.2 Å². The number of rotatable bonds is 4. The first kappa shape index (κ1) is 21.1. The summed E-state index contributed by atoms with van der Waals surface area (Å²) in [5, 5.41) is 20.7. The van der Waals surface area contributed by atoms with E-state index in [0.29, 0.717) is 10.5 Å². The molecule has 3 rings (SSSR count). The summed E-state index contributed by atoms with van der Waals surface area (Å²) >= 11 is 1.16. The summed E-state index contributed by atoms with van der Waals surface area (Å²) in [7, 11) is -3.36. The molecule has 1 fully saturated rings. The fraction of sp³-hybridized carbons (Fsp3) is 0.333. The van der Waals surface area contributed by atoms with E-state index in [9.17, 15) is 28.2 Å². The zero-order valence-corrected chi connectivity index (χ0v) is 18.5. The van der Waals surface area contributed by atoms with Crippen molar-refractivity contribution in [3.63, 3.8) is 0 Å². The number of amides is 1. The maximum atomic E-state index is 12.1. The first-order valence-electron chi connectivity index (χ1n) is 7.07. The number of carboxylic acid groups (broad SMARTS) is 1. The van der Waals surface area contributed by atoms with Crippen LogP contribution in [0.1, 0.15) is 12.5 Å². The molecule has 10 heteroatoms. The molecule has 0 spiro atoms. The molecule has 7 nitrogen and oxygen atoms in total. The van der Waals surface area contributed by atoms with Crippen LogP contribution in [0.2, 0.25) is 0 Å². The van der Waals surface area contributed by atoms with E-state index in [4.69, 9.17) is 0 Å². The Morgan fingerprint density at radius 2 is 1.88 bits per heavy atom. The molecule has 0 unspecified atom stereocenters. The van der Waals surface area contributed by atoms with E-state index in [2.05, 4.69) is 0 Å². The van der Waals surface area contributed by atoms with Crippen LogP contribution in [0.25, 0.3) is 4.91 Å². The second kappa shape index (κ2) is 7.43. The number of aliphatic hydroxyl groups is 1. The van der Waals surface area contributed by atoms with Crippen molar-refractivity contribution in [3.8, 4) is 0 Å². The maximum absolute atomic E-state index is 12.1. The van der Waals surface area contributed by atoms with Crippen LogP contribution >= 0.6 is 11.8 Å². The monoisotopic (exact) mass is 407 g/mol. The number of aliphatic carboxylic acids is 1. The smallest absolute Gasteiger partial charge is 0.543 e. The van der Waals surface area contributed by atoms with Gasteiger partial charge in [0.25, 0.3) is 0 Å². The summed E-state index contributed by atoms with van der Waals surface area (Å²) in [6, 6.07) is 5.76. The molecular weight excluding hydrogens is 393 g/mol. The molecule has 1 amide bonds. The fourth-order valence-corrected chi connectivity index (χ4v) is 5.07. The third-order valence-corrected chi connectivity index (χ3v) is 6.58. The third-order valence-electron chi connectivity index (χ3n) is 4.04. The molecular formula is C15H14KNO6S2. The van der Waals surface area contributed by atoms with Gasteiger partial charge in [-0.3, -0.25) is 9.69 Å². The van der Waals surface area contributed by atoms with Gasteiger partial charge in [-0.25, -0.2) is 8.42 Å². The molecule has 0 saturated carbocycles. The van der Waals surface area contributed by atoms with E-state index in [1.807, 2.05) is 0 Å². The molecule has 0 bridgehead atoms. The molecule has 1 aromatic rings. The summed E-state index contributed by atoms with van der Waals surface area (Å²) in [5.74, 6) is -2.61. The Morgan fingerprint density at radius 3 is 2.32 bits per heavy atom. The number of thioether (sulfide) groups is 1. The Kier molecular flexibility index (Phi) is 6.27. The summed E-state index contributed by atoms with van der Waals surface area (Å²) in [6.45, 7) is 1.48. The van der Waals surface area contributed by atoms with Crippen molar-refractivity contribution < 1.29 is 79.6 Å². The maximum Gasteiger partial charge on any atom is 1.00 e. The van der Waals surface area contributed by atoms with E-state index in [1.54, 1.807) is 0 Å². The SMILES string of the molecule is C[C@@H](O)[C@H]1C(=O)N2C(C(=O)[O-])=C(c3ccc(S(C)(=O)=O)cc3)S[C@H]12.[K+]. The van der Waals surface area contributed by atoms with Gasteiger partial charge < -0.3 is 15.0 Å². The molecule has 1 aromatic carbocycles. The first-order chi connectivity index (χ1) is 11.1. The number of benzene rings is 1. The van der Waals surface area contributed by atoms with Gasteiger partial charge >= 0.3 is 51.4 Å². The summed E-state index contributed by atoms with van der Waals surface area (Å²) in [4.78, 5) is 25.2. The molecule has 2 heterocycles. The molecule has 2 aliphatic heterocycles. The minimum absolute atomic E-state index is 0. The van der Waals surface area contributed by atoms with Crippen LogP contribution in [0.3, 0.4) is 0 Å². The predicted octanol–water partition coefficient (Wildman–Crippen LogP) is -3.58. The third kappa shape index (κ3) is 3.63. The molecule has 0 aromatic heterocycles. The van der Waals surface area contributed by atoms with Crippen LogP contribution in [0.4, 0.5) is 0 Å². The van der Waals surface area contributed by atoms with Crippen LogP contribution in [0.5, 0.6) is 0 Å². The number of carbonyl (C=O) groups excluding carboxylic acids is 2.